The van der Waals surface area contributed by atoms with E-state index < -0.39 is 0 Å². The summed E-state index contributed by atoms with van der Waals surface area (Å²) in [6.07, 6.45) is 2.46. The fraction of sp³-hybridized carbons (Fsp3) is 0.0370. The van der Waals surface area contributed by atoms with Crippen molar-refractivity contribution in [2.24, 2.45) is 0 Å². The first-order valence-electron chi connectivity index (χ1n) is 9.54. The summed E-state index contributed by atoms with van der Waals surface area (Å²) in [4.78, 5) is 1.32. The Morgan fingerprint density at radius 2 is 1.00 bits per heavy atom. The van der Waals surface area contributed by atoms with Gasteiger partial charge >= 0.3 is 0 Å². The summed E-state index contributed by atoms with van der Waals surface area (Å²) in [6, 6.07) is 41.2. The maximum Gasteiger partial charge on any atom is 0.0894 e. The third-order valence-electron chi connectivity index (χ3n) is 5.29. The van der Waals surface area contributed by atoms with Crippen LogP contribution in [0.25, 0.3) is 5.57 Å². The van der Waals surface area contributed by atoms with Crippen LogP contribution >= 0.6 is 11.8 Å². The summed E-state index contributed by atoms with van der Waals surface area (Å²) < 4.78 is -0.262. The lowest BCUT2D eigenvalue weighted by Crippen LogP contribution is -2.24. The number of thioether (sulfide) groups is 1. The van der Waals surface area contributed by atoms with Gasteiger partial charge in [0.15, 0.2) is 0 Å². The van der Waals surface area contributed by atoms with E-state index >= 15 is 0 Å². The van der Waals surface area contributed by atoms with Crippen molar-refractivity contribution >= 4 is 17.3 Å². The SMILES string of the molecule is C1=C(c2ccccc2)c2ccccc2SC1(c1ccccc1)c1ccccc1. The van der Waals surface area contributed by atoms with Crippen LogP contribution in [0.5, 0.6) is 0 Å². The molecule has 0 fully saturated rings. The van der Waals surface area contributed by atoms with Crippen molar-refractivity contribution in [1.82, 2.24) is 0 Å². The highest BCUT2D eigenvalue weighted by molar-refractivity contribution is 8.00. The second-order valence-corrected chi connectivity index (χ2v) is 8.28. The monoisotopic (exact) mass is 376 g/mol. The van der Waals surface area contributed by atoms with Crippen LogP contribution in [-0.4, -0.2) is 0 Å². The molecule has 0 aromatic heterocycles. The second kappa shape index (κ2) is 7.18. The Morgan fingerprint density at radius 3 is 1.61 bits per heavy atom. The summed E-state index contributed by atoms with van der Waals surface area (Å²) >= 11 is 1.93. The molecule has 4 aromatic carbocycles. The summed E-state index contributed by atoms with van der Waals surface area (Å²) in [6.45, 7) is 0. The van der Waals surface area contributed by atoms with E-state index in [-0.39, 0.29) is 4.75 Å². The van der Waals surface area contributed by atoms with Crippen molar-refractivity contribution in [2.75, 3.05) is 0 Å². The number of hydrogen-bond donors (Lipinski definition) is 0. The third-order valence-corrected chi connectivity index (χ3v) is 6.77. The molecule has 0 bridgehead atoms. The fourth-order valence-corrected chi connectivity index (χ4v) is 5.41. The molecule has 5 rings (SSSR count). The highest BCUT2D eigenvalue weighted by atomic mass is 32.2. The molecule has 0 saturated heterocycles. The van der Waals surface area contributed by atoms with E-state index in [0.29, 0.717) is 0 Å². The fourth-order valence-electron chi connectivity index (χ4n) is 3.94. The largest absolute Gasteiger partial charge is 0.105 e. The minimum Gasteiger partial charge on any atom is -0.105 e. The molecule has 0 aliphatic carbocycles. The first-order chi connectivity index (χ1) is 13.9. The molecule has 0 N–H and O–H groups in total. The first-order valence-corrected chi connectivity index (χ1v) is 10.4. The standard InChI is InChI=1S/C27H20S/c1-4-12-21(13-5-1)25-20-27(22-14-6-2-7-15-22,23-16-8-3-9-17-23)28-26-19-11-10-18-24(25)26/h1-20H. The lowest BCUT2D eigenvalue weighted by Gasteiger charge is -2.37. The zero-order chi connectivity index (χ0) is 18.8. The summed E-state index contributed by atoms with van der Waals surface area (Å²) in [5.74, 6) is 0. The van der Waals surface area contributed by atoms with E-state index in [0.717, 1.165) is 0 Å². The molecule has 0 amide bonds. The van der Waals surface area contributed by atoms with Crippen LogP contribution in [0.1, 0.15) is 22.3 Å². The average Bonchev–Trinajstić information content (AvgIpc) is 2.80. The van der Waals surface area contributed by atoms with E-state index in [4.69, 9.17) is 0 Å². The van der Waals surface area contributed by atoms with E-state index in [9.17, 15) is 0 Å². The number of benzene rings is 4. The Hall–Kier alpha value is -3.03. The first kappa shape index (κ1) is 17.1. The second-order valence-electron chi connectivity index (χ2n) is 6.99. The molecular weight excluding hydrogens is 356 g/mol. The van der Waals surface area contributed by atoms with Crippen molar-refractivity contribution in [2.45, 2.75) is 9.64 Å². The Balaban J connectivity index is 1.83. The van der Waals surface area contributed by atoms with E-state index in [1.807, 2.05) is 11.8 Å². The highest BCUT2D eigenvalue weighted by Gasteiger charge is 2.38. The predicted octanol–water partition coefficient (Wildman–Crippen LogP) is 7.17. The van der Waals surface area contributed by atoms with Crippen LogP contribution in [0.4, 0.5) is 0 Å². The Morgan fingerprint density at radius 1 is 0.500 bits per heavy atom. The lowest BCUT2D eigenvalue weighted by atomic mass is 9.84. The van der Waals surface area contributed by atoms with E-state index in [1.165, 1.54) is 32.7 Å². The van der Waals surface area contributed by atoms with Gasteiger partial charge in [-0.3, -0.25) is 0 Å². The summed E-state index contributed by atoms with van der Waals surface area (Å²) in [5, 5.41) is 0. The molecule has 28 heavy (non-hydrogen) atoms. The van der Waals surface area contributed by atoms with Gasteiger partial charge in [0.05, 0.1) is 4.75 Å². The van der Waals surface area contributed by atoms with Gasteiger partial charge in [0.1, 0.15) is 0 Å². The average molecular weight is 377 g/mol. The topological polar surface area (TPSA) is 0 Å². The van der Waals surface area contributed by atoms with Gasteiger partial charge < -0.3 is 0 Å². The molecule has 4 aromatic rings. The van der Waals surface area contributed by atoms with Crippen LogP contribution in [0.15, 0.2) is 126 Å². The molecule has 0 spiro atoms. The van der Waals surface area contributed by atoms with Crippen molar-refractivity contribution < 1.29 is 0 Å². The lowest BCUT2D eigenvalue weighted by molar-refractivity contribution is 0.930. The zero-order valence-corrected chi connectivity index (χ0v) is 16.3. The van der Waals surface area contributed by atoms with Crippen molar-refractivity contribution in [3.05, 3.63) is 144 Å². The van der Waals surface area contributed by atoms with Gasteiger partial charge in [-0.15, -0.1) is 11.8 Å². The molecule has 1 aliphatic rings. The molecule has 0 radical (unpaired) electrons. The molecule has 0 atom stereocenters. The van der Waals surface area contributed by atoms with Crippen LogP contribution in [-0.2, 0) is 4.75 Å². The molecule has 0 saturated carbocycles. The molecule has 0 nitrogen and oxygen atoms in total. The van der Waals surface area contributed by atoms with E-state index in [2.05, 4.69) is 121 Å². The van der Waals surface area contributed by atoms with Gasteiger partial charge in [-0.2, -0.15) is 0 Å². The maximum atomic E-state index is 2.46. The summed E-state index contributed by atoms with van der Waals surface area (Å²) in [7, 11) is 0. The van der Waals surface area contributed by atoms with Gasteiger partial charge in [-0.1, -0.05) is 115 Å². The Labute approximate surface area is 170 Å². The van der Waals surface area contributed by atoms with Crippen molar-refractivity contribution in [3.8, 4) is 0 Å². The number of rotatable bonds is 3. The number of fused-ring (bicyclic) bond motifs is 1. The number of hydrogen-bond acceptors (Lipinski definition) is 1. The van der Waals surface area contributed by atoms with Crippen LogP contribution in [0.2, 0.25) is 0 Å². The molecule has 1 heterocycles. The zero-order valence-electron chi connectivity index (χ0n) is 15.5. The highest BCUT2D eigenvalue weighted by Crippen LogP contribution is 2.54. The molecule has 1 aliphatic heterocycles. The quantitative estimate of drug-likeness (QED) is 0.365. The molecule has 1 heteroatoms. The van der Waals surface area contributed by atoms with Crippen molar-refractivity contribution in [1.29, 1.82) is 0 Å². The van der Waals surface area contributed by atoms with Crippen LogP contribution < -0.4 is 0 Å². The minimum atomic E-state index is -0.262. The molecule has 134 valence electrons. The van der Waals surface area contributed by atoms with Gasteiger partial charge in [-0.05, 0) is 33.9 Å². The summed E-state index contributed by atoms with van der Waals surface area (Å²) in [5.41, 5.74) is 6.46. The van der Waals surface area contributed by atoms with Crippen LogP contribution in [0, 0.1) is 0 Å². The predicted molar refractivity (Wildman–Crippen MR) is 119 cm³/mol. The van der Waals surface area contributed by atoms with Gasteiger partial charge in [-0.25, -0.2) is 0 Å². The van der Waals surface area contributed by atoms with E-state index in [1.54, 1.807) is 0 Å². The van der Waals surface area contributed by atoms with Crippen LogP contribution in [0.3, 0.4) is 0 Å². The molecular formula is C27H20S. The smallest absolute Gasteiger partial charge is 0.0894 e. The molecule has 0 unspecified atom stereocenters. The van der Waals surface area contributed by atoms with Gasteiger partial charge in [0, 0.05) is 4.90 Å². The Kier molecular flexibility index (Phi) is 4.38. The Bertz CT molecular complexity index is 1070. The minimum absolute atomic E-state index is 0.262. The normalized spacial score (nSPS) is 14.8. The van der Waals surface area contributed by atoms with Crippen molar-refractivity contribution in [3.63, 3.8) is 0 Å². The van der Waals surface area contributed by atoms with Gasteiger partial charge in [0.25, 0.3) is 0 Å². The third kappa shape index (κ3) is 2.89. The van der Waals surface area contributed by atoms with Gasteiger partial charge in [0.2, 0.25) is 0 Å². The maximum absolute atomic E-state index is 2.46.